The normalized spacial score (nSPS) is 17.8. The Bertz CT molecular complexity index is 1370. The van der Waals surface area contributed by atoms with Gasteiger partial charge in [-0.15, -0.1) is 0 Å². The minimum Gasteiger partial charge on any atom is -0.508 e. The van der Waals surface area contributed by atoms with E-state index in [1.165, 1.54) is 0 Å². The molecule has 1 saturated heterocycles. The van der Waals surface area contributed by atoms with E-state index in [-0.39, 0.29) is 17.8 Å². The number of aryl methyl sites for hydroxylation is 2. The number of hydrogen-bond donors (Lipinski definition) is 2. The molecule has 5 rings (SSSR count). The summed E-state index contributed by atoms with van der Waals surface area (Å²) in [5.74, 6) is 0.217. The van der Waals surface area contributed by atoms with E-state index in [1.54, 1.807) is 18.3 Å². The van der Waals surface area contributed by atoms with E-state index in [0.717, 1.165) is 39.6 Å². The molecule has 2 aromatic heterocycles. The summed E-state index contributed by atoms with van der Waals surface area (Å²) >= 11 is 12.2. The van der Waals surface area contributed by atoms with Crippen molar-refractivity contribution in [2.24, 2.45) is 0 Å². The lowest BCUT2D eigenvalue weighted by atomic mass is 9.96. The Labute approximate surface area is 209 Å². The van der Waals surface area contributed by atoms with Crippen LogP contribution in [0.15, 0.2) is 72.9 Å². The van der Waals surface area contributed by atoms with Crippen LogP contribution in [-0.2, 0) is 0 Å². The average Bonchev–Trinajstić information content (AvgIpc) is 3.32. The van der Waals surface area contributed by atoms with Gasteiger partial charge < -0.3 is 19.9 Å². The molecular formula is C27H25ClN4OS. The monoisotopic (exact) mass is 488 g/mol. The maximum Gasteiger partial charge on any atom is 0.174 e. The highest BCUT2D eigenvalue weighted by Gasteiger charge is 2.42. The minimum atomic E-state index is -0.142. The zero-order valence-electron chi connectivity index (χ0n) is 19.2. The Balaban J connectivity index is 1.70. The van der Waals surface area contributed by atoms with E-state index < -0.39 is 0 Å². The molecule has 2 aromatic carbocycles. The molecule has 2 N–H and O–H groups in total. The van der Waals surface area contributed by atoms with Gasteiger partial charge in [-0.1, -0.05) is 23.7 Å². The zero-order valence-corrected chi connectivity index (χ0v) is 20.7. The van der Waals surface area contributed by atoms with Crippen molar-refractivity contribution < 1.29 is 5.11 Å². The molecule has 172 valence electrons. The lowest BCUT2D eigenvalue weighted by molar-refractivity contribution is 0.475. The lowest BCUT2D eigenvalue weighted by Gasteiger charge is -2.28. The molecule has 0 radical (unpaired) electrons. The maximum atomic E-state index is 9.85. The van der Waals surface area contributed by atoms with E-state index in [1.807, 2.05) is 48.5 Å². The van der Waals surface area contributed by atoms with Crippen molar-refractivity contribution >= 4 is 34.6 Å². The SMILES string of the molecule is Cc1ccc(Cl)cc1-n1c(C)cc([C@@H]2[C@@H](c3ccccn3)NC(=S)N2c2ccc(O)cc2)c1C. The number of nitrogens with one attached hydrogen (secondary N) is 1. The smallest absolute Gasteiger partial charge is 0.174 e. The van der Waals surface area contributed by atoms with Gasteiger partial charge in [0, 0.05) is 34.0 Å². The van der Waals surface area contributed by atoms with E-state index in [9.17, 15) is 5.11 Å². The molecular weight excluding hydrogens is 464 g/mol. The van der Waals surface area contributed by atoms with Crippen LogP contribution in [0.5, 0.6) is 5.75 Å². The molecule has 34 heavy (non-hydrogen) atoms. The number of aromatic nitrogens is 2. The summed E-state index contributed by atoms with van der Waals surface area (Å²) in [6.07, 6.45) is 1.80. The number of phenols is 1. The predicted molar refractivity (Wildman–Crippen MR) is 141 cm³/mol. The summed E-state index contributed by atoms with van der Waals surface area (Å²) in [5, 5.41) is 14.7. The molecule has 0 bridgehead atoms. The van der Waals surface area contributed by atoms with Gasteiger partial charge in [0.1, 0.15) is 5.75 Å². The maximum absolute atomic E-state index is 9.85. The van der Waals surface area contributed by atoms with Crippen LogP contribution in [0.2, 0.25) is 5.02 Å². The van der Waals surface area contributed by atoms with Crippen molar-refractivity contribution in [1.82, 2.24) is 14.9 Å². The van der Waals surface area contributed by atoms with Crippen LogP contribution in [0.25, 0.3) is 5.69 Å². The first-order chi connectivity index (χ1) is 16.3. The number of benzene rings is 2. The van der Waals surface area contributed by atoms with Crippen LogP contribution in [0, 0.1) is 20.8 Å². The molecule has 1 fully saturated rings. The summed E-state index contributed by atoms with van der Waals surface area (Å²) in [6, 6.07) is 21.0. The Hall–Kier alpha value is -3.35. The molecule has 4 aromatic rings. The van der Waals surface area contributed by atoms with Crippen molar-refractivity contribution in [2.45, 2.75) is 32.9 Å². The summed E-state index contributed by atoms with van der Waals surface area (Å²) < 4.78 is 2.25. The van der Waals surface area contributed by atoms with E-state index >= 15 is 0 Å². The summed E-state index contributed by atoms with van der Waals surface area (Å²) in [4.78, 5) is 6.76. The number of rotatable bonds is 4. The molecule has 0 amide bonds. The van der Waals surface area contributed by atoms with E-state index in [2.05, 4.69) is 46.6 Å². The third kappa shape index (κ3) is 3.83. The van der Waals surface area contributed by atoms with Gasteiger partial charge in [0.05, 0.1) is 17.8 Å². The highest BCUT2D eigenvalue weighted by atomic mass is 35.5. The van der Waals surface area contributed by atoms with Crippen LogP contribution in [0.3, 0.4) is 0 Å². The number of phenolic OH excluding ortho intramolecular Hbond substituents is 1. The number of anilines is 1. The largest absolute Gasteiger partial charge is 0.508 e. The molecule has 0 saturated carbocycles. The molecule has 1 aliphatic rings. The van der Waals surface area contributed by atoms with Gasteiger partial charge in [-0.2, -0.15) is 0 Å². The van der Waals surface area contributed by atoms with Crippen molar-refractivity contribution in [1.29, 1.82) is 0 Å². The molecule has 1 aliphatic heterocycles. The lowest BCUT2D eigenvalue weighted by Crippen LogP contribution is -2.29. The Kier molecular flexibility index (Phi) is 5.80. The summed E-state index contributed by atoms with van der Waals surface area (Å²) in [7, 11) is 0. The number of nitrogens with zero attached hydrogens (tertiary/aromatic N) is 3. The van der Waals surface area contributed by atoms with Gasteiger partial charge in [0.25, 0.3) is 0 Å². The highest BCUT2D eigenvalue weighted by molar-refractivity contribution is 7.80. The second-order valence-electron chi connectivity index (χ2n) is 8.61. The number of thiocarbonyl (C=S) groups is 1. The Morgan fingerprint density at radius 1 is 1.00 bits per heavy atom. The van der Waals surface area contributed by atoms with Crippen molar-refractivity contribution in [3.63, 3.8) is 0 Å². The highest BCUT2D eigenvalue weighted by Crippen LogP contribution is 2.44. The van der Waals surface area contributed by atoms with Crippen LogP contribution in [-0.4, -0.2) is 19.8 Å². The van der Waals surface area contributed by atoms with Crippen molar-refractivity contribution in [3.05, 3.63) is 106 Å². The van der Waals surface area contributed by atoms with Crippen LogP contribution in [0.4, 0.5) is 5.69 Å². The number of halogens is 1. The predicted octanol–water partition coefficient (Wildman–Crippen LogP) is 6.33. The first-order valence-corrected chi connectivity index (χ1v) is 11.9. The summed E-state index contributed by atoms with van der Waals surface area (Å²) in [6.45, 7) is 6.34. The van der Waals surface area contributed by atoms with E-state index in [0.29, 0.717) is 10.1 Å². The van der Waals surface area contributed by atoms with Gasteiger partial charge in [-0.05, 0) is 98.7 Å². The van der Waals surface area contributed by atoms with Crippen molar-refractivity contribution in [2.75, 3.05) is 4.90 Å². The standard InChI is InChI=1S/C27H25ClN4OS/c1-16-7-8-19(28)15-24(16)31-17(2)14-22(18(31)3)26-25(23-6-4-5-13-29-23)30-27(34)32(26)20-9-11-21(33)12-10-20/h4-15,25-26,33H,1-3H3,(H,30,34)/t25-,26-/m1/s1. The van der Waals surface area contributed by atoms with Gasteiger partial charge in [0.2, 0.25) is 0 Å². The minimum absolute atomic E-state index is 0.133. The third-order valence-corrected chi connectivity index (χ3v) is 6.98. The zero-order chi connectivity index (χ0) is 24.0. The second-order valence-corrected chi connectivity index (χ2v) is 9.43. The number of hydrogen-bond acceptors (Lipinski definition) is 3. The Morgan fingerprint density at radius 2 is 1.76 bits per heavy atom. The number of aromatic hydroxyl groups is 1. The first kappa shape index (κ1) is 22.4. The van der Waals surface area contributed by atoms with Crippen LogP contribution < -0.4 is 10.2 Å². The fraction of sp³-hybridized carbons (Fsp3) is 0.185. The van der Waals surface area contributed by atoms with Gasteiger partial charge >= 0.3 is 0 Å². The molecule has 2 atom stereocenters. The van der Waals surface area contributed by atoms with E-state index in [4.69, 9.17) is 23.8 Å². The third-order valence-electron chi connectivity index (χ3n) is 6.43. The molecule has 0 unspecified atom stereocenters. The second kappa shape index (κ2) is 8.78. The summed E-state index contributed by atoms with van der Waals surface area (Å²) in [5.41, 5.74) is 7.41. The quantitative estimate of drug-likeness (QED) is 0.328. The van der Waals surface area contributed by atoms with Gasteiger partial charge in [-0.25, -0.2) is 0 Å². The molecule has 5 nitrogen and oxygen atoms in total. The van der Waals surface area contributed by atoms with Crippen LogP contribution >= 0.6 is 23.8 Å². The van der Waals surface area contributed by atoms with Gasteiger partial charge in [0.15, 0.2) is 5.11 Å². The molecule has 0 aliphatic carbocycles. The average molecular weight is 489 g/mol. The fourth-order valence-corrected chi connectivity index (χ4v) is 5.36. The Morgan fingerprint density at radius 3 is 2.47 bits per heavy atom. The molecule has 3 heterocycles. The molecule has 0 spiro atoms. The van der Waals surface area contributed by atoms with Crippen LogP contribution in [0.1, 0.15) is 40.3 Å². The molecule has 7 heteroatoms. The number of pyridine rings is 1. The van der Waals surface area contributed by atoms with Gasteiger partial charge in [-0.3, -0.25) is 4.98 Å². The fourth-order valence-electron chi connectivity index (χ4n) is 4.84. The van der Waals surface area contributed by atoms with Crippen molar-refractivity contribution in [3.8, 4) is 11.4 Å². The topological polar surface area (TPSA) is 53.3 Å². The first-order valence-electron chi connectivity index (χ1n) is 11.1.